The Balaban J connectivity index is 1.74. The van der Waals surface area contributed by atoms with E-state index < -0.39 is 7.60 Å². The highest BCUT2D eigenvalue weighted by atomic mass is 35.5. The SMILES string of the molecule is COC(=C1C2CC3CC(C2)CC1C3)c1ccc(Cl)c(OP(C)(=O)O)c1. The molecular weight excluding hydrogens is 359 g/mol. The van der Waals surface area contributed by atoms with E-state index in [9.17, 15) is 9.46 Å². The Morgan fingerprint density at radius 3 is 2.28 bits per heavy atom. The van der Waals surface area contributed by atoms with Crippen LogP contribution in [-0.2, 0) is 9.30 Å². The summed E-state index contributed by atoms with van der Waals surface area (Å²) in [7, 11) is -1.96. The molecular formula is C19H24ClO4P. The standard InChI is InChI=1S/C19H24ClO4P/c1-23-19(13-3-4-16(20)17(10-13)24-25(2,21)22)18-14-6-11-5-12(8-14)9-15(18)7-11/h3-4,10-12,14-15H,5-9H2,1-2H3,(H,21,22). The lowest BCUT2D eigenvalue weighted by Gasteiger charge is -2.51. The van der Waals surface area contributed by atoms with Gasteiger partial charge in [-0.1, -0.05) is 11.6 Å². The van der Waals surface area contributed by atoms with Gasteiger partial charge in [-0.15, -0.1) is 0 Å². The van der Waals surface area contributed by atoms with Crippen LogP contribution in [0.25, 0.3) is 5.76 Å². The molecule has 0 amide bonds. The van der Waals surface area contributed by atoms with Gasteiger partial charge in [0.05, 0.1) is 12.1 Å². The molecule has 0 saturated heterocycles. The van der Waals surface area contributed by atoms with Crippen molar-refractivity contribution in [3.05, 3.63) is 34.4 Å². The average Bonchev–Trinajstić information content (AvgIpc) is 2.51. The lowest BCUT2D eigenvalue weighted by molar-refractivity contribution is 0.0675. The zero-order chi connectivity index (χ0) is 17.8. The smallest absolute Gasteiger partial charge is 0.373 e. The minimum atomic E-state index is -3.67. The van der Waals surface area contributed by atoms with Crippen LogP contribution in [0, 0.1) is 23.7 Å². The van der Waals surface area contributed by atoms with Crippen LogP contribution in [0.4, 0.5) is 0 Å². The zero-order valence-corrected chi connectivity index (χ0v) is 16.2. The van der Waals surface area contributed by atoms with Gasteiger partial charge < -0.3 is 14.2 Å². The third kappa shape index (κ3) is 3.37. The number of allylic oxidation sites excluding steroid dienone is 1. The van der Waals surface area contributed by atoms with E-state index in [1.807, 2.05) is 6.07 Å². The number of benzene rings is 1. The quantitative estimate of drug-likeness (QED) is 0.563. The van der Waals surface area contributed by atoms with Crippen molar-refractivity contribution < 1.29 is 18.7 Å². The highest BCUT2D eigenvalue weighted by Crippen LogP contribution is 2.58. The molecule has 0 spiro atoms. The number of halogens is 1. The summed E-state index contributed by atoms with van der Waals surface area (Å²) in [4.78, 5) is 9.53. The molecule has 0 heterocycles. The number of hydrogen-bond donors (Lipinski definition) is 1. The molecule has 1 N–H and O–H groups in total. The summed E-state index contributed by atoms with van der Waals surface area (Å²) in [6, 6.07) is 5.34. The van der Waals surface area contributed by atoms with Crippen molar-refractivity contribution in [1.29, 1.82) is 0 Å². The van der Waals surface area contributed by atoms with E-state index in [0.717, 1.165) is 29.8 Å². The molecule has 4 nitrogen and oxygen atoms in total. The highest BCUT2D eigenvalue weighted by Gasteiger charge is 2.46. The summed E-state index contributed by atoms with van der Waals surface area (Å²) < 4.78 is 22.6. The molecule has 1 aromatic rings. The van der Waals surface area contributed by atoms with Crippen molar-refractivity contribution in [3.8, 4) is 5.75 Å². The topological polar surface area (TPSA) is 55.8 Å². The molecule has 0 aromatic heterocycles. The van der Waals surface area contributed by atoms with E-state index in [-0.39, 0.29) is 5.75 Å². The first-order valence-corrected chi connectivity index (χ1v) is 11.3. The van der Waals surface area contributed by atoms with E-state index in [4.69, 9.17) is 20.9 Å². The molecule has 4 saturated carbocycles. The third-order valence-corrected chi connectivity index (χ3v) is 6.79. The fraction of sp³-hybridized carbons (Fsp3) is 0.579. The van der Waals surface area contributed by atoms with Crippen LogP contribution >= 0.6 is 19.2 Å². The van der Waals surface area contributed by atoms with Gasteiger partial charge in [0.2, 0.25) is 0 Å². The van der Waals surface area contributed by atoms with Crippen LogP contribution in [0.2, 0.25) is 5.02 Å². The fourth-order valence-electron chi connectivity index (χ4n) is 5.36. The van der Waals surface area contributed by atoms with E-state index >= 15 is 0 Å². The molecule has 4 bridgehead atoms. The van der Waals surface area contributed by atoms with Gasteiger partial charge in [-0.3, -0.25) is 0 Å². The fourth-order valence-corrected chi connectivity index (χ4v) is 6.09. The Kier molecular flexibility index (Phi) is 4.42. The minimum Gasteiger partial charge on any atom is -0.496 e. The van der Waals surface area contributed by atoms with Gasteiger partial charge in [0.15, 0.2) is 0 Å². The van der Waals surface area contributed by atoms with Crippen LogP contribution in [0.5, 0.6) is 5.75 Å². The summed E-state index contributed by atoms with van der Waals surface area (Å²) in [5.41, 5.74) is 2.31. The molecule has 5 rings (SSSR count). The van der Waals surface area contributed by atoms with Gasteiger partial charge in [0.1, 0.15) is 11.5 Å². The molecule has 0 aliphatic heterocycles. The Hall–Kier alpha value is -0.960. The number of methoxy groups -OCH3 is 1. The van der Waals surface area contributed by atoms with Crippen molar-refractivity contribution in [3.63, 3.8) is 0 Å². The molecule has 1 unspecified atom stereocenters. The van der Waals surface area contributed by atoms with Crippen LogP contribution in [0.15, 0.2) is 23.8 Å². The lowest BCUT2D eigenvalue weighted by atomic mass is 9.54. The van der Waals surface area contributed by atoms with Gasteiger partial charge in [-0.2, -0.15) is 0 Å². The first kappa shape index (κ1) is 17.5. The molecule has 25 heavy (non-hydrogen) atoms. The average molecular weight is 383 g/mol. The first-order valence-electron chi connectivity index (χ1n) is 8.92. The monoisotopic (exact) mass is 382 g/mol. The molecule has 1 atom stereocenters. The first-order chi connectivity index (χ1) is 11.8. The minimum absolute atomic E-state index is 0.228. The van der Waals surface area contributed by atoms with Gasteiger partial charge in [-0.05, 0) is 79.5 Å². The van der Waals surface area contributed by atoms with Crippen molar-refractivity contribution in [1.82, 2.24) is 0 Å². The van der Waals surface area contributed by atoms with E-state index in [0.29, 0.717) is 16.9 Å². The second-order valence-corrected chi connectivity index (χ2v) is 10.0. The van der Waals surface area contributed by atoms with E-state index in [2.05, 4.69) is 0 Å². The van der Waals surface area contributed by atoms with E-state index in [1.54, 1.807) is 19.2 Å². The van der Waals surface area contributed by atoms with Crippen molar-refractivity contribution in [2.45, 2.75) is 32.1 Å². The van der Waals surface area contributed by atoms with Crippen molar-refractivity contribution in [2.75, 3.05) is 13.8 Å². The predicted molar refractivity (Wildman–Crippen MR) is 98.8 cm³/mol. The van der Waals surface area contributed by atoms with Crippen molar-refractivity contribution >= 4 is 25.0 Å². The maximum atomic E-state index is 11.6. The Labute approximate surface area is 153 Å². The van der Waals surface area contributed by atoms with Crippen LogP contribution in [0.3, 0.4) is 0 Å². The largest absolute Gasteiger partial charge is 0.496 e. The summed E-state index contributed by atoms with van der Waals surface area (Å²) in [5, 5.41) is 0.324. The Morgan fingerprint density at radius 1 is 1.16 bits per heavy atom. The molecule has 0 radical (unpaired) electrons. The van der Waals surface area contributed by atoms with Crippen LogP contribution in [-0.4, -0.2) is 18.7 Å². The van der Waals surface area contributed by atoms with Crippen LogP contribution < -0.4 is 4.52 Å². The number of hydrogen-bond acceptors (Lipinski definition) is 3. The zero-order valence-electron chi connectivity index (χ0n) is 14.6. The van der Waals surface area contributed by atoms with E-state index in [1.165, 1.54) is 37.7 Å². The lowest BCUT2D eigenvalue weighted by Crippen LogP contribution is -2.40. The third-order valence-electron chi connectivity index (χ3n) is 5.95. The molecule has 4 aliphatic carbocycles. The maximum absolute atomic E-state index is 11.6. The van der Waals surface area contributed by atoms with Gasteiger partial charge in [0, 0.05) is 12.2 Å². The Morgan fingerprint density at radius 2 is 1.76 bits per heavy atom. The highest BCUT2D eigenvalue weighted by molar-refractivity contribution is 7.52. The summed E-state index contributed by atoms with van der Waals surface area (Å²) in [5.74, 6) is 4.12. The molecule has 136 valence electrons. The second-order valence-electron chi connectivity index (χ2n) is 7.83. The maximum Gasteiger partial charge on any atom is 0.373 e. The normalized spacial score (nSPS) is 32.4. The van der Waals surface area contributed by atoms with Crippen molar-refractivity contribution in [2.24, 2.45) is 23.7 Å². The molecule has 4 aliphatic rings. The summed E-state index contributed by atoms with van der Waals surface area (Å²) >= 11 is 6.14. The van der Waals surface area contributed by atoms with Gasteiger partial charge in [-0.25, -0.2) is 4.57 Å². The summed E-state index contributed by atoms with van der Waals surface area (Å²) in [6.45, 7) is 1.16. The number of ether oxygens (including phenoxy) is 1. The second kappa shape index (κ2) is 6.33. The van der Waals surface area contributed by atoms with Gasteiger partial charge >= 0.3 is 7.60 Å². The predicted octanol–water partition coefficient (Wildman–Crippen LogP) is 5.35. The molecule has 6 heteroatoms. The van der Waals surface area contributed by atoms with Crippen LogP contribution in [0.1, 0.15) is 37.7 Å². The molecule has 1 aromatic carbocycles. The number of rotatable bonds is 4. The van der Waals surface area contributed by atoms with Gasteiger partial charge in [0.25, 0.3) is 0 Å². The summed E-state index contributed by atoms with van der Waals surface area (Å²) in [6.07, 6.45) is 6.49. The molecule has 4 fully saturated rings. The Bertz CT molecular complexity index is 737.